The van der Waals surface area contributed by atoms with Crippen molar-refractivity contribution >= 4 is 28.6 Å². The number of methoxy groups -OCH3 is 1. The van der Waals surface area contributed by atoms with E-state index in [0.29, 0.717) is 23.3 Å². The second-order valence-corrected chi connectivity index (χ2v) is 7.48. The summed E-state index contributed by atoms with van der Waals surface area (Å²) in [6.07, 6.45) is 3.39. The topological polar surface area (TPSA) is 123 Å². The Labute approximate surface area is 194 Å². The van der Waals surface area contributed by atoms with Crippen molar-refractivity contribution in [3.8, 4) is 22.8 Å². The molecule has 0 atom stereocenters. The molecule has 0 spiro atoms. The molecule has 5 rings (SSSR count). The molecule has 2 heterocycles. The summed E-state index contributed by atoms with van der Waals surface area (Å²) in [5, 5.41) is 20.1. The van der Waals surface area contributed by atoms with E-state index in [1.54, 1.807) is 49.8 Å². The minimum atomic E-state index is -0.963. The first-order valence-electron chi connectivity index (χ1n) is 10.4. The molecule has 170 valence electrons. The van der Waals surface area contributed by atoms with Crippen molar-refractivity contribution in [1.82, 2.24) is 15.2 Å². The number of carbonyl (C=O) groups is 1. The molecule has 3 aromatic carbocycles. The van der Waals surface area contributed by atoms with Gasteiger partial charge in [0, 0.05) is 16.6 Å². The average molecular weight is 456 g/mol. The highest BCUT2D eigenvalue weighted by atomic mass is 16.5. The molecule has 9 nitrogen and oxygen atoms in total. The van der Waals surface area contributed by atoms with Crippen molar-refractivity contribution in [3.63, 3.8) is 0 Å². The van der Waals surface area contributed by atoms with Gasteiger partial charge in [-0.1, -0.05) is 12.1 Å². The highest BCUT2D eigenvalue weighted by Crippen LogP contribution is 2.34. The van der Waals surface area contributed by atoms with Crippen LogP contribution in [0.4, 0.5) is 11.7 Å². The summed E-state index contributed by atoms with van der Waals surface area (Å²) in [7, 11) is 1.56. The number of rotatable bonds is 8. The van der Waals surface area contributed by atoms with Gasteiger partial charge in [0.1, 0.15) is 6.61 Å². The summed E-state index contributed by atoms with van der Waals surface area (Å²) in [6, 6.07) is 18.1. The van der Waals surface area contributed by atoms with E-state index in [9.17, 15) is 4.79 Å². The molecule has 0 amide bonds. The number of H-pyrrole nitrogens is 1. The van der Waals surface area contributed by atoms with Crippen molar-refractivity contribution in [1.29, 1.82) is 0 Å². The Hall–Kier alpha value is -4.79. The number of aromatic nitrogens is 3. The first-order chi connectivity index (χ1) is 16.6. The maximum Gasteiger partial charge on any atom is 0.335 e. The Bertz CT molecular complexity index is 1460. The Balaban J connectivity index is 1.29. The van der Waals surface area contributed by atoms with Crippen LogP contribution in [0.5, 0.6) is 11.5 Å². The summed E-state index contributed by atoms with van der Waals surface area (Å²) < 4.78 is 17.2. The Morgan fingerprint density at radius 1 is 1.06 bits per heavy atom. The fraction of sp³-hybridized carbons (Fsp3) is 0.0800. The number of oxazole rings is 1. The fourth-order valence-corrected chi connectivity index (χ4v) is 3.45. The van der Waals surface area contributed by atoms with Crippen molar-refractivity contribution < 1.29 is 23.8 Å². The molecule has 0 bridgehead atoms. The second-order valence-electron chi connectivity index (χ2n) is 7.48. The van der Waals surface area contributed by atoms with Crippen LogP contribution in [0.3, 0.4) is 0 Å². The average Bonchev–Trinajstić information content (AvgIpc) is 3.52. The lowest BCUT2D eigenvalue weighted by atomic mass is 10.1. The first kappa shape index (κ1) is 21.1. The first-order valence-corrected chi connectivity index (χ1v) is 10.4. The van der Waals surface area contributed by atoms with Crippen LogP contribution >= 0.6 is 0 Å². The van der Waals surface area contributed by atoms with Crippen molar-refractivity contribution in [2.45, 2.75) is 6.61 Å². The molecule has 0 radical (unpaired) electrons. The number of hydrogen-bond donors (Lipinski definition) is 3. The van der Waals surface area contributed by atoms with Crippen molar-refractivity contribution in [2.24, 2.45) is 0 Å². The molecular formula is C25H20N4O5. The van der Waals surface area contributed by atoms with E-state index >= 15 is 0 Å². The maximum absolute atomic E-state index is 11.0. The lowest BCUT2D eigenvalue weighted by Gasteiger charge is -2.12. The number of aromatic carboxylic acids is 1. The quantitative estimate of drug-likeness (QED) is 0.289. The van der Waals surface area contributed by atoms with Gasteiger partial charge in [0.15, 0.2) is 17.3 Å². The smallest absolute Gasteiger partial charge is 0.335 e. The summed E-state index contributed by atoms with van der Waals surface area (Å²) in [5.74, 6) is 0.700. The number of carboxylic acids is 1. The zero-order chi connectivity index (χ0) is 23.5. The lowest BCUT2D eigenvalue weighted by Crippen LogP contribution is -2.00. The van der Waals surface area contributed by atoms with Crippen molar-refractivity contribution in [2.75, 3.05) is 12.4 Å². The Morgan fingerprint density at radius 3 is 2.71 bits per heavy atom. The Morgan fingerprint density at radius 2 is 1.91 bits per heavy atom. The highest BCUT2D eigenvalue weighted by molar-refractivity contribution is 5.87. The molecule has 0 saturated heterocycles. The van der Waals surface area contributed by atoms with Gasteiger partial charge in [-0.15, -0.1) is 0 Å². The number of benzene rings is 3. The van der Waals surface area contributed by atoms with Crippen LogP contribution in [-0.2, 0) is 6.61 Å². The van der Waals surface area contributed by atoms with Gasteiger partial charge in [0.25, 0.3) is 6.01 Å². The van der Waals surface area contributed by atoms with E-state index in [0.717, 1.165) is 27.7 Å². The third-order valence-corrected chi connectivity index (χ3v) is 5.24. The molecule has 0 fully saturated rings. The number of carboxylic acid groups (broad SMARTS) is 1. The van der Waals surface area contributed by atoms with Gasteiger partial charge in [0.2, 0.25) is 0 Å². The van der Waals surface area contributed by atoms with Crippen LogP contribution in [0, 0.1) is 0 Å². The van der Waals surface area contributed by atoms with Gasteiger partial charge in [-0.3, -0.25) is 5.10 Å². The maximum atomic E-state index is 11.0. The number of nitrogens with one attached hydrogen (secondary N) is 2. The van der Waals surface area contributed by atoms with E-state index in [-0.39, 0.29) is 12.2 Å². The largest absolute Gasteiger partial charge is 0.493 e. The number of aromatic amines is 1. The predicted octanol–water partition coefficient (Wildman–Crippen LogP) is 5.25. The molecular weight excluding hydrogens is 436 g/mol. The summed E-state index contributed by atoms with van der Waals surface area (Å²) >= 11 is 0. The van der Waals surface area contributed by atoms with Gasteiger partial charge in [-0.2, -0.15) is 5.10 Å². The number of nitrogens with zero attached hydrogens (tertiary/aromatic N) is 2. The van der Waals surface area contributed by atoms with E-state index in [1.165, 1.54) is 0 Å². The van der Waals surface area contributed by atoms with E-state index in [1.807, 2.05) is 30.3 Å². The summed E-state index contributed by atoms with van der Waals surface area (Å²) in [4.78, 5) is 15.3. The van der Waals surface area contributed by atoms with Gasteiger partial charge >= 0.3 is 5.97 Å². The minimum absolute atomic E-state index is 0.230. The van der Waals surface area contributed by atoms with Crippen molar-refractivity contribution in [3.05, 3.63) is 84.2 Å². The van der Waals surface area contributed by atoms with Crippen LogP contribution in [0.15, 0.2) is 77.5 Å². The summed E-state index contributed by atoms with van der Waals surface area (Å²) in [6.45, 7) is 0.271. The van der Waals surface area contributed by atoms with Gasteiger partial charge < -0.3 is 24.3 Å². The molecule has 0 unspecified atom stereocenters. The summed E-state index contributed by atoms with van der Waals surface area (Å²) in [5.41, 5.74) is 3.63. The SMILES string of the molecule is COc1cc(-c2cnc(Nc3ccc4[nH]ncc4c3)o2)ccc1OCc1ccc(C(=O)O)cc1. The predicted molar refractivity (Wildman–Crippen MR) is 126 cm³/mol. The lowest BCUT2D eigenvalue weighted by molar-refractivity contribution is 0.0697. The standard InChI is InChI=1S/C25H20N4O5/c1-32-22-11-17(6-9-21(22)33-14-15-2-4-16(5-3-15)24(30)31)23-13-26-25(34-23)28-19-7-8-20-18(10-19)12-27-29-20/h2-13H,14H2,1H3,(H,26,28)(H,27,29)(H,30,31). The Kier molecular flexibility index (Phi) is 5.57. The molecule has 0 aliphatic rings. The number of fused-ring (bicyclic) bond motifs is 1. The van der Waals surface area contributed by atoms with E-state index < -0.39 is 5.97 Å². The number of anilines is 2. The van der Waals surface area contributed by atoms with Crippen LogP contribution in [0.25, 0.3) is 22.2 Å². The molecule has 0 saturated carbocycles. The third kappa shape index (κ3) is 4.40. The highest BCUT2D eigenvalue weighted by Gasteiger charge is 2.12. The molecule has 9 heteroatoms. The van der Waals surface area contributed by atoms with E-state index in [2.05, 4.69) is 20.5 Å². The fourth-order valence-electron chi connectivity index (χ4n) is 3.45. The zero-order valence-electron chi connectivity index (χ0n) is 18.1. The third-order valence-electron chi connectivity index (χ3n) is 5.24. The molecule has 0 aliphatic carbocycles. The van der Waals surface area contributed by atoms with Crippen LogP contribution < -0.4 is 14.8 Å². The van der Waals surface area contributed by atoms with E-state index in [4.69, 9.17) is 19.0 Å². The van der Waals surface area contributed by atoms with Gasteiger partial charge in [-0.05, 0) is 54.1 Å². The van der Waals surface area contributed by atoms with Crippen LogP contribution in [0.2, 0.25) is 0 Å². The molecule has 0 aliphatic heterocycles. The molecule has 5 aromatic rings. The van der Waals surface area contributed by atoms with Gasteiger partial charge in [0.05, 0.1) is 30.6 Å². The van der Waals surface area contributed by atoms with Crippen LogP contribution in [0.1, 0.15) is 15.9 Å². The molecule has 34 heavy (non-hydrogen) atoms. The second kappa shape index (κ2) is 8.99. The minimum Gasteiger partial charge on any atom is -0.493 e. The normalized spacial score (nSPS) is 10.9. The zero-order valence-corrected chi connectivity index (χ0v) is 18.1. The van der Waals surface area contributed by atoms with Crippen LogP contribution in [-0.4, -0.2) is 33.4 Å². The number of hydrogen-bond acceptors (Lipinski definition) is 7. The molecule has 2 aromatic heterocycles. The van der Waals surface area contributed by atoms with Gasteiger partial charge in [-0.25, -0.2) is 9.78 Å². The monoisotopic (exact) mass is 456 g/mol. The molecule has 3 N–H and O–H groups in total. The number of ether oxygens (including phenoxy) is 2.